The Morgan fingerprint density at radius 2 is 2.07 bits per heavy atom. The van der Waals surface area contributed by atoms with E-state index in [-0.39, 0.29) is 29.5 Å². The van der Waals surface area contributed by atoms with Gasteiger partial charge in [-0.3, -0.25) is 9.48 Å². The van der Waals surface area contributed by atoms with Crippen molar-refractivity contribution in [3.8, 4) is 10.6 Å². The van der Waals surface area contributed by atoms with Crippen LogP contribution in [0.25, 0.3) is 21.6 Å². The quantitative estimate of drug-likeness (QED) is 0.635. The fraction of sp³-hybridized carbons (Fsp3) is 0.450. The van der Waals surface area contributed by atoms with Crippen LogP contribution in [0.5, 0.6) is 0 Å². The zero-order chi connectivity index (χ0) is 20.3. The zero-order valence-corrected chi connectivity index (χ0v) is 18.0. The molecule has 1 atom stereocenters. The van der Waals surface area contributed by atoms with Crippen LogP contribution < -0.4 is 0 Å². The molecule has 1 saturated carbocycles. The second-order valence-corrected chi connectivity index (χ2v) is 11.1. The molecule has 1 amide bonds. The summed E-state index contributed by atoms with van der Waals surface area (Å²) in [4.78, 5) is 21.4. The maximum absolute atomic E-state index is 13.8. The second kappa shape index (κ2) is 6.63. The Kier molecular flexibility index (Phi) is 4.29. The van der Waals surface area contributed by atoms with Crippen molar-refractivity contribution in [2.24, 2.45) is 7.05 Å². The van der Waals surface area contributed by atoms with Crippen LogP contribution in [0.2, 0.25) is 0 Å². The SMILES string of the molecule is Cc1nn(C)c2nc(-c3cccs3)cc(C(=O)N(C3CC3)C3CCS(=O)(=O)C3)c12. The molecule has 0 radical (unpaired) electrons. The summed E-state index contributed by atoms with van der Waals surface area (Å²) in [7, 11) is -1.24. The van der Waals surface area contributed by atoms with Crippen LogP contribution in [-0.4, -0.2) is 57.6 Å². The summed E-state index contributed by atoms with van der Waals surface area (Å²) < 4.78 is 25.8. The number of rotatable bonds is 4. The Bertz CT molecular complexity index is 1210. The predicted octanol–water partition coefficient (Wildman–Crippen LogP) is 2.80. The molecule has 1 saturated heterocycles. The lowest BCUT2D eigenvalue weighted by Gasteiger charge is -2.28. The summed E-state index contributed by atoms with van der Waals surface area (Å²) in [6, 6.07) is 5.68. The molecule has 0 N–H and O–H groups in total. The molecular formula is C20H22N4O3S2. The van der Waals surface area contributed by atoms with Gasteiger partial charge in [-0.15, -0.1) is 11.3 Å². The van der Waals surface area contributed by atoms with Gasteiger partial charge in [-0.1, -0.05) is 6.07 Å². The number of carbonyl (C=O) groups excluding carboxylic acids is 1. The predicted molar refractivity (Wildman–Crippen MR) is 113 cm³/mol. The lowest BCUT2D eigenvalue weighted by Crippen LogP contribution is -2.42. The maximum atomic E-state index is 13.8. The van der Waals surface area contributed by atoms with Gasteiger partial charge in [0, 0.05) is 19.1 Å². The Hall–Kier alpha value is -2.26. The highest BCUT2D eigenvalue weighted by Gasteiger charge is 2.43. The fourth-order valence-electron chi connectivity index (χ4n) is 4.28. The summed E-state index contributed by atoms with van der Waals surface area (Å²) in [5, 5.41) is 7.22. The van der Waals surface area contributed by atoms with Crippen molar-refractivity contribution in [3.05, 3.63) is 34.8 Å². The number of aromatic nitrogens is 3. The number of hydrogen-bond acceptors (Lipinski definition) is 6. The summed E-state index contributed by atoms with van der Waals surface area (Å²) in [5.74, 6) is 0.121. The minimum atomic E-state index is -3.07. The van der Waals surface area contributed by atoms with Crippen molar-refractivity contribution in [3.63, 3.8) is 0 Å². The third-order valence-electron chi connectivity index (χ3n) is 5.75. The molecule has 7 nitrogen and oxygen atoms in total. The van der Waals surface area contributed by atoms with Gasteiger partial charge in [0.05, 0.1) is 38.7 Å². The molecule has 152 valence electrons. The molecule has 0 bridgehead atoms. The average molecular weight is 431 g/mol. The van der Waals surface area contributed by atoms with E-state index >= 15 is 0 Å². The smallest absolute Gasteiger partial charge is 0.255 e. The van der Waals surface area contributed by atoms with Crippen molar-refractivity contribution in [1.29, 1.82) is 0 Å². The molecule has 5 rings (SSSR count). The summed E-state index contributed by atoms with van der Waals surface area (Å²) in [5.41, 5.74) is 2.74. The number of pyridine rings is 1. The second-order valence-electron chi connectivity index (χ2n) is 7.94. The minimum Gasteiger partial charge on any atom is -0.332 e. The van der Waals surface area contributed by atoms with E-state index in [4.69, 9.17) is 4.98 Å². The van der Waals surface area contributed by atoms with Gasteiger partial charge >= 0.3 is 0 Å². The van der Waals surface area contributed by atoms with E-state index in [2.05, 4.69) is 5.10 Å². The van der Waals surface area contributed by atoms with E-state index in [1.807, 2.05) is 42.5 Å². The summed E-state index contributed by atoms with van der Waals surface area (Å²) >= 11 is 1.57. The molecule has 2 aliphatic rings. The first kappa shape index (κ1) is 18.7. The van der Waals surface area contributed by atoms with Gasteiger partial charge in [-0.25, -0.2) is 13.4 Å². The number of thiophene rings is 1. The highest BCUT2D eigenvalue weighted by Crippen LogP contribution is 2.36. The third-order valence-corrected chi connectivity index (χ3v) is 8.39. The number of aryl methyl sites for hydroxylation is 2. The Balaban J connectivity index is 1.65. The number of hydrogen-bond donors (Lipinski definition) is 0. The lowest BCUT2D eigenvalue weighted by molar-refractivity contribution is 0.0683. The molecule has 4 heterocycles. The van der Waals surface area contributed by atoms with Crippen molar-refractivity contribution < 1.29 is 13.2 Å². The molecule has 1 aliphatic carbocycles. The molecule has 3 aromatic rings. The maximum Gasteiger partial charge on any atom is 0.255 e. The number of fused-ring (bicyclic) bond motifs is 1. The van der Waals surface area contributed by atoms with Gasteiger partial charge in [0.2, 0.25) is 0 Å². The normalized spacial score (nSPS) is 21.0. The number of nitrogens with zero attached hydrogens (tertiary/aromatic N) is 4. The van der Waals surface area contributed by atoms with Crippen LogP contribution in [-0.2, 0) is 16.9 Å². The molecule has 0 aromatic carbocycles. The van der Waals surface area contributed by atoms with E-state index in [1.165, 1.54) is 0 Å². The summed E-state index contributed by atoms with van der Waals surface area (Å²) in [6.07, 6.45) is 2.38. The van der Waals surface area contributed by atoms with E-state index in [0.29, 0.717) is 17.6 Å². The molecule has 29 heavy (non-hydrogen) atoms. The first-order chi connectivity index (χ1) is 13.8. The van der Waals surface area contributed by atoms with Crippen LogP contribution in [0.4, 0.5) is 0 Å². The molecule has 1 unspecified atom stereocenters. The lowest BCUT2D eigenvalue weighted by atomic mass is 10.1. The van der Waals surface area contributed by atoms with Crippen molar-refractivity contribution in [1.82, 2.24) is 19.7 Å². The molecule has 1 aliphatic heterocycles. The Morgan fingerprint density at radius 3 is 2.69 bits per heavy atom. The Labute approximate surface area is 173 Å². The number of amides is 1. The van der Waals surface area contributed by atoms with Crippen LogP contribution in [0.15, 0.2) is 23.6 Å². The first-order valence-electron chi connectivity index (χ1n) is 9.75. The average Bonchev–Trinajstić information content (AvgIpc) is 3.09. The molecule has 0 spiro atoms. The van der Waals surface area contributed by atoms with Gasteiger partial charge in [-0.05, 0) is 43.7 Å². The molecule has 3 aromatic heterocycles. The minimum absolute atomic E-state index is 0.0628. The van der Waals surface area contributed by atoms with Gasteiger partial charge in [0.15, 0.2) is 15.5 Å². The van der Waals surface area contributed by atoms with Gasteiger partial charge in [0.25, 0.3) is 5.91 Å². The fourth-order valence-corrected chi connectivity index (χ4v) is 6.68. The first-order valence-corrected chi connectivity index (χ1v) is 12.5. The number of carbonyl (C=O) groups is 1. The van der Waals surface area contributed by atoms with Crippen molar-refractivity contribution in [2.45, 2.75) is 38.3 Å². The molecular weight excluding hydrogens is 408 g/mol. The van der Waals surface area contributed by atoms with E-state index < -0.39 is 9.84 Å². The van der Waals surface area contributed by atoms with E-state index in [0.717, 1.165) is 34.5 Å². The van der Waals surface area contributed by atoms with Crippen LogP contribution in [0, 0.1) is 6.92 Å². The highest BCUT2D eigenvalue weighted by molar-refractivity contribution is 7.91. The van der Waals surface area contributed by atoms with E-state index in [1.54, 1.807) is 16.0 Å². The standard InChI is InChI=1S/C20H22N4O3S2/c1-12-18-15(10-16(17-4-3-8-28-17)21-19(18)23(2)22-12)20(25)24(13-5-6-13)14-7-9-29(26,27)11-14/h3-4,8,10,13-14H,5-7,9,11H2,1-2H3. The topological polar surface area (TPSA) is 85.2 Å². The zero-order valence-electron chi connectivity index (χ0n) is 16.3. The Morgan fingerprint density at radius 1 is 1.28 bits per heavy atom. The van der Waals surface area contributed by atoms with Gasteiger partial charge < -0.3 is 4.90 Å². The van der Waals surface area contributed by atoms with Gasteiger partial charge in [0.1, 0.15) is 0 Å². The van der Waals surface area contributed by atoms with Crippen LogP contribution in [0.1, 0.15) is 35.3 Å². The van der Waals surface area contributed by atoms with Crippen LogP contribution >= 0.6 is 11.3 Å². The largest absolute Gasteiger partial charge is 0.332 e. The summed E-state index contributed by atoms with van der Waals surface area (Å²) in [6.45, 7) is 1.88. The van der Waals surface area contributed by atoms with Crippen molar-refractivity contribution in [2.75, 3.05) is 11.5 Å². The number of sulfone groups is 1. The molecule has 9 heteroatoms. The van der Waals surface area contributed by atoms with Crippen molar-refractivity contribution >= 4 is 38.1 Å². The highest BCUT2D eigenvalue weighted by atomic mass is 32.2. The monoisotopic (exact) mass is 430 g/mol. The van der Waals surface area contributed by atoms with Gasteiger partial charge in [-0.2, -0.15) is 5.10 Å². The molecule has 2 fully saturated rings. The van der Waals surface area contributed by atoms with Crippen LogP contribution in [0.3, 0.4) is 0 Å². The third kappa shape index (κ3) is 3.26. The van der Waals surface area contributed by atoms with E-state index in [9.17, 15) is 13.2 Å².